The number of pyridine rings is 1. The van der Waals surface area contributed by atoms with Crippen molar-refractivity contribution < 1.29 is 18.1 Å². The average Bonchev–Trinajstić information content (AvgIpc) is 2.97. The number of anilines is 1. The summed E-state index contributed by atoms with van der Waals surface area (Å²) in [7, 11) is -3.23. The zero-order chi connectivity index (χ0) is 19.6. The summed E-state index contributed by atoms with van der Waals surface area (Å²) in [6, 6.07) is 10.1. The summed E-state index contributed by atoms with van der Waals surface area (Å²) in [6.45, 7) is -0.425. The molecule has 1 aliphatic heterocycles. The van der Waals surface area contributed by atoms with E-state index in [2.05, 4.69) is 0 Å². The lowest BCUT2D eigenvalue weighted by atomic mass is 10.1. The van der Waals surface area contributed by atoms with Crippen LogP contribution in [0.3, 0.4) is 0 Å². The smallest absolute Gasteiger partial charge is 0.285 e. The van der Waals surface area contributed by atoms with Crippen LogP contribution in [0.4, 0.5) is 11.4 Å². The number of benzene rings is 1. The Morgan fingerprint density at radius 2 is 1.93 bits per heavy atom. The van der Waals surface area contributed by atoms with Crippen molar-refractivity contribution in [2.24, 2.45) is 0 Å². The van der Waals surface area contributed by atoms with E-state index in [1.807, 2.05) is 0 Å². The molecule has 0 radical (unpaired) electrons. The van der Waals surface area contributed by atoms with Gasteiger partial charge < -0.3 is 4.90 Å². The Hall–Kier alpha value is -3.01. The van der Waals surface area contributed by atoms with Crippen LogP contribution in [0.5, 0.6) is 0 Å². The molecule has 1 fully saturated rings. The molecule has 2 heterocycles. The minimum Gasteiger partial charge on any atom is -0.307 e. The molecule has 0 saturated carbocycles. The summed E-state index contributed by atoms with van der Waals surface area (Å²) < 4.78 is 24.7. The van der Waals surface area contributed by atoms with Gasteiger partial charge in [-0.25, -0.2) is 8.42 Å². The second kappa shape index (κ2) is 7.31. The molecule has 142 valence electrons. The van der Waals surface area contributed by atoms with E-state index in [9.17, 15) is 28.1 Å². The maximum atomic E-state index is 12.9. The van der Waals surface area contributed by atoms with E-state index in [1.54, 1.807) is 30.3 Å². The van der Waals surface area contributed by atoms with E-state index in [0.717, 1.165) is 22.9 Å². The molecule has 2 aromatic rings. The maximum absolute atomic E-state index is 12.9. The predicted octanol–water partition coefficient (Wildman–Crippen LogP) is 0.977. The number of carbonyl (C=O) groups excluding carboxylic acids is 1. The molecule has 9 nitrogen and oxygen atoms in total. The third-order valence-electron chi connectivity index (χ3n) is 4.36. The number of carbonyl (C=O) groups is 1. The largest absolute Gasteiger partial charge is 0.307 e. The van der Waals surface area contributed by atoms with Gasteiger partial charge in [0, 0.05) is 17.8 Å². The van der Waals surface area contributed by atoms with Gasteiger partial charge in [-0.3, -0.25) is 24.3 Å². The first kappa shape index (κ1) is 18.8. The van der Waals surface area contributed by atoms with E-state index < -0.39 is 38.8 Å². The second-order valence-electron chi connectivity index (χ2n) is 6.27. The molecule has 3 rings (SSSR count). The number of rotatable bonds is 5. The predicted molar refractivity (Wildman–Crippen MR) is 98.3 cm³/mol. The van der Waals surface area contributed by atoms with Crippen LogP contribution in [0, 0.1) is 10.1 Å². The highest BCUT2D eigenvalue weighted by Gasteiger charge is 2.35. The van der Waals surface area contributed by atoms with Gasteiger partial charge in [0.15, 0.2) is 9.84 Å². The van der Waals surface area contributed by atoms with Gasteiger partial charge in [-0.1, -0.05) is 18.2 Å². The van der Waals surface area contributed by atoms with Crippen molar-refractivity contribution in [2.45, 2.75) is 19.0 Å². The number of hydrogen-bond acceptors (Lipinski definition) is 6. The monoisotopic (exact) mass is 391 g/mol. The fourth-order valence-electron chi connectivity index (χ4n) is 3.10. The van der Waals surface area contributed by atoms with Crippen molar-refractivity contribution >= 4 is 27.1 Å². The van der Waals surface area contributed by atoms with Crippen molar-refractivity contribution in [2.75, 3.05) is 16.4 Å². The van der Waals surface area contributed by atoms with Gasteiger partial charge in [0.25, 0.3) is 11.2 Å². The third kappa shape index (κ3) is 4.22. The molecule has 0 N–H and O–H groups in total. The summed E-state index contributed by atoms with van der Waals surface area (Å²) in [4.78, 5) is 36.6. The lowest BCUT2D eigenvalue weighted by molar-refractivity contribution is -0.385. The number of sulfone groups is 1. The van der Waals surface area contributed by atoms with Crippen LogP contribution in [0.1, 0.15) is 6.42 Å². The van der Waals surface area contributed by atoms with Crippen molar-refractivity contribution in [1.82, 2.24) is 4.57 Å². The first-order valence-corrected chi connectivity index (χ1v) is 10.0. The van der Waals surface area contributed by atoms with Crippen LogP contribution in [-0.4, -0.2) is 41.4 Å². The Morgan fingerprint density at radius 1 is 1.22 bits per heavy atom. The van der Waals surface area contributed by atoms with Gasteiger partial charge in [-0.05, 0) is 18.6 Å². The molecule has 27 heavy (non-hydrogen) atoms. The van der Waals surface area contributed by atoms with E-state index in [1.165, 1.54) is 4.90 Å². The van der Waals surface area contributed by atoms with Crippen LogP contribution in [0.2, 0.25) is 0 Å². The fourth-order valence-corrected chi connectivity index (χ4v) is 4.80. The average molecular weight is 391 g/mol. The minimum atomic E-state index is -3.23. The van der Waals surface area contributed by atoms with Crippen LogP contribution in [0.15, 0.2) is 53.5 Å². The van der Waals surface area contributed by atoms with Crippen LogP contribution in [-0.2, 0) is 21.2 Å². The molecule has 1 amide bonds. The molecule has 1 aromatic carbocycles. The van der Waals surface area contributed by atoms with E-state index in [4.69, 9.17) is 0 Å². The number of hydrogen-bond donors (Lipinski definition) is 0. The number of nitrogens with zero attached hydrogens (tertiary/aromatic N) is 3. The third-order valence-corrected chi connectivity index (χ3v) is 6.11. The molecule has 1 saturated heterocycles. The molecule has 0 aliphatic carbocycles. The summed E-state index contributed by atoms with van der Waals surface area (Å²) in [6.07, 6.45) is 1.31. The number of aromatic nitrogens is 1. The Labute approximate surface area is 154 Å². The lowest BCUT2D eigenvalue weighted by Crippen LogP contribution is -2.44. The topological polar surface area (TPSA) is 120 Å². The summed E-state index contributed by atoms with van der Waals surface area (Å²) in [5.74, 6) is -0.673. The van der Waals surface area contributed by atoms with Gasteiger partial charge in [0.1, 0.15) is 6.54 Å². The van der Waals surface area contributed by atoms with Gasteiger partial charge >= 0.3 is 0 Å². The van der Waals surface area contributed by atoms with Crippen LogP contribution >= 0.6 is 0 Å². The fraction of sp³-hybridized carbons (Fsp3) is 0.294. The zero-order valence-corrected chi connectivity index (χ0v) is 15.0. The van der Waals surface area contributed by atoms with E-state index >= 15 is 0 Å². The normalized spacial score (nSPS) is 18.1. The Kier molecular flexibility index (Phi) is 5.08. The Balaban J connectivity index is 1.94. The summed E-state index contributed by atoms with van der Waals surface area (Å²) >= 11 is 0. The summed E-state index contributed by atoms with van der Waals surface area (Å²) in [5, 5.41) is 10.9. The Morgan fingerprint density at radius 3 is 2.52 bits per heavy atom. The highest BCUT2D eigenvalue weighted by molar-refractivity contribution is 7.91. The standard InChI is InChI=1S/C17H17N3O6S/c21-16-7-6-14(20(23)24)10-18(16)11-17(22)19(13-4-2-1-3-5-13)15-8-9-27(25,26)12-15/h1-7,10,15H,8-9,11-12H2/t15-/m1/s1. The van der Waals surface area contributed by atoms with Crippen molar-refractivity contribution in [1.29, 1.82) is 0 Å². The van der Waals surface area contributed by atoms with Crippen LogP contribution in [0.25, 0.3) is 0 Å². The number of para-hydroxylation sites is 1. The quantitative estimate of drug-likeness (QED) is 0.553. The van der Waals surface area contributed by atoms with E-state index in [0.29, 0.717) is 12.1 Å². The van der Waals surface area contributed by atoms with Gasteiger partial charge in [0.2, 0.25) is 5.91 Å². The zero-order valence-electron chi connectivity index (χ0n) is 14.2. The molecule has 1 aliphatic rings. The first-order chi connectivity index (χ1) is 12.8. The molecule has 10 heteroatoms. The Bertz CT molecular complexity index is 1030. The molecule has 1 atom stereocenters. The lowest BCUT2D eigenvalue weighted by Gasteiger charge is -2.28. The van der Waals surface area contributed by atoms with Crippen molar-refractivity contribution in [3.05, 3.63) is 69.1 Å². The van der Waals surface area contributed by atoms with Crippen LogP contribution < -0.4 is 10.5 Å². The minimum absolute atomic E-state index is 0.00889. The molecular formula is C17H17N3O6S. The highest BCUT2D eigenvalue weighted by Crippen LogP contribution is 2.25. The van der Waals surface area contributed by atoms with Gasteiger partial charge in [-0.15, -0.1) is 0 Å². The molecule has 0 spiro atoms. The second-order valence-corrected chi connectivity index (χ2v) is 8.50. The number of amides is 1. The molecule has 0 unspecified atom stereocenters. The highest BCUT2D eigenvalue weighted by atomic mass is 32.2. The molecule has 0 bridgehead atoms. The van der Waals surface area contributed by atoms with E-state index in [-0.39, 0.29) is 17.2 Å². The van der Waals surface area contributed by atoms with Gasteiger partial charge in [-0.2, -0.15) is 0 Å². The first-order valence-electron chi connectivity index (χ1n) is 8.19. The maximum Gasteiger partial charge on any atom is 0.285 e. The van der Waals surface area contributed by atoms with Crippen molar-refractivity contribution in [3.63, 3.8) is 0 Å². The number of nitro groups is 1. The molecular weight excluding hydrogens is 374 g/mol. The molecule has 1 aromatic heterocycles. The summed E-state index contributed by atoms with van der Waals surface area (Å²) in [5.41, 5.74) is -0.346. The van der Waals surface area contributed by atoms with Gasteiger partial charge in [0.05, 0.1) is 28.7 Å². The van der Waals surface area contributed by atoms with Crippen molar-refractivity contribution in [3.8, 4) is 0 Å². The SMILES string of the molecule is O=C(Cn1cc([N+](=O)[O-])ccc1=O)N(c1ccccc1)[C@@H]1CCS(=O)(=O)C1.